The van der Waals surface area contributed by atoms with Gasteiger partial charge in [0, 0.05) is 10.8 Å². The fraction of sp³-hybridized carbons (Fsp3) is 0.160. The summed E-state index contributed by atoms with van der Waals surface area (Å²) in [5, 5.41) is 7.83. The first-order valence-corrected chi connectivity index (χ1v) is 9.86. The van der Waals surface area contributed by atoms with Crippen LogP contribution in [-0.2, 0) is 4.79 Å². The molecule has 28 heavy (non-hydrogen) atoms. The Bertz CT molecular complexity index is 1070. The van der Waals surface area contributed by atoms with Gasteiger partial charge < -0.3 is 5.32 Å². The Morgan fingerprint density at radius 3 is 1.82 bits per heavy atom. The highest BCUT2D eigenvalue weighted by molar-refractivity contribution is 6.14. The minimum Gasteiger partial charge on any atom is -0.306 e. The number of rotatable bonds is 3. The number of carbonyl (C=O) groups is 1. The van der Waals surface area contributed by atoms with Crippen LogP contribution < -0.4 is 10.2 Å². The van der Waals surface area contributed by atoms with E-state index in [9.17, 15) is 4.79 Å². The summed E-state index contributed by atoms with van der Waals surface area (Å²) in [5.74, 6) is 0.116. The lowest BCUT2D eigenvalue weighted by Crippen LogP contribution is -2.41. The van der Waals surface area contributed by atoms with Crippen molar-refractivity contribution >= 4 is 38.8 Å². The fourth-order valence-corrected chi connectivity index (χ4v) is 4.22. The first kappa shape index (κ1) is 17.0. The Balaban J connectivity index is 1.76. The van der Waals surface area contributed by atoms with Crippen molar-refractivity contribution in [3.05, 3.63) is 84.9 Å². The molecule has 3 heteroatoms. The molecule has 4 aromatic carbocycles. The van der Waals surface area contributed by atoms with Gasteiger partial charge in [-0.3, -0.25) is 9.69 Å². The highest BCUT2D eigenvalue weighted by Gasteiger charge is 2.30. The number of hydrogen-bond donors (Lipinski definition) is 1. The van der Waals surface area contributed by atoms with E-state index in [0.29, 0.717) is 0 Å². The molecule has 1 aliphatic rings. The first-order valence-electron chi connectivity index (χ1n) is 9.86. The molecule has 0 unspecified atom stereocenters. The van der Waals surface area contributed by atoms with Crippen LogP contribution in [0.1, 0.15) is 12.8 Å². The van der Waals surface area contributed by atoms with Crippen molar-refractivity contribution in [1.82, 2.24) is 5.32 Å². The maximum absolute atomic E-state index is 13.7. The van der Waals surface area contributed by atoms with Crippen LogP contribution >= 0.6 is 0 Å². The van der Waals surface area contributed by atoms with Gasteiger partial charge in [-0.25, -0.2) is 0 Å². The second-order valence-corrected chi connectivity index (χ2v) is 7.32. The summed E-state index contributed by atoms with van der Waals surface area (Å²) in [6.07, 6.45) is 1.92. The Morgan fingerprint density at radius 2 is 1.29 bits per heavy atom. The monoisotopic (exact) mass is 366 g/mol. The first-order chi connectivity index (χ1) is 13.8. The standard InChI is InChI=1S/C25H22N2O/c28-25(22-14-7-17-26-22)27(23-15-5-10-18-8-1-3-12-20(18)23)24-16-6-11-19-9-2-4-13-21(19)24/h1-6,8-13,15-16,22,26H,7,14,17H2/t22-/m1/s1. The normalized spacial score (nSPS) is 16.5. The SMILES string of the molecule is O=C([C@H]1CCCN1)N(c1cccc2ccccc12)c1cccc2ccccc12. The van der Waals surface area contributed by atoms with Crippen molar-refractivity contribution in [2.24, 2.45) is 0 Å². The highest BCUT2D eigenvalue weighted by atomic mass is 16.2. The zero-order valence-electron chi connectivity index (χ0n) is 15.6. The minimum atomic E-state index is -0.141. The van der Waals surface area contributed by atoms with Crippen LogP contribution in [0.2, 0.25) is 0 Å². The predicted octanol–water partition coefficient (Wildman–Crippen LogP) is 5.41. The molecule has 0 saturated carbocycles. The van der Waals surface area contributed by atoms with Gasteiger partial charge in [-0.15, -0.1) is 0 Å². The third-order valence-electron chi connectivity index (χ3n) is 5.59. The fourth-order valence-electron chi connectivity index (χ4n) is 4.22. The molecule has 1 atom stereocenters. The van der Waals surface area contributed by atoms with Crippen LogP contribution in [0, 0.1) is 0 Å². The Morgan fingerprint density at radius 1 is 0.750 bits per heavy atom. The van der Waals surface area contributed by atoms with Crippen molar-refractivity contribution in [2.45, 2.75) is 18.9 Å². The van der Waals surface area contributed by atoms with Crippen LogP contribution in [0.15, 0.2) is 84.9 Å². The molecule has 1 aliphatic heterocycles. The van der Waals surface area contributed by atoms with Gasteiger partial charge in [-0.1, -0.05) is 72.8 Å². The van der Waals surface area contributed by atoms with E-state index in [-0.39, 0.29) is 11.9 Å². The summed E-state index contributed by atoms with van der Waals surface area (Å²) in [6, 6.07) is 28.7. The Hall–Kier alpha value is -3.17. The van der Waals surface area contributed by atoms with E-state index in [1.54, 1.807) is 0 Å². The van der Waals surface area contributed by atoms with Gasteiger partial charge >= 0.3 is 0 Å². The molecule has 1 N–H and O–H groups in total. The minimum absolute atomic E-state index is 0.116. The van der Waals surface area contributed by atoms with E-state index in [4.69, 9.17) is 0 Å². The zero-order valence-corrected chi connectivity index (χ0v) is 15.6. The number of anilines is 2. The zero-order chi connectivity index (χ0) is 18.9. The smallest absolute Gasteiger partial charge is 0.248 e. The molecule has 1 saturated heterocycles. The number of nitrogens with zero attached hydrogens (tertiary/aromatic N) is 1. The highest BCUT2D eigenvalue weighted by Crippen LogP contribution is 2.37. The van der Waals surface area contributed by atoms with Crippen molar-refractivity contribution in [3.63, 3.8) is 0 Å². The third kappa shape index (κ3) is 2.85. The third-order valence-corrected chi connectivity index (χ3v) is 5.59. The van der Waals surface area contributed by atoms with Gasteiger partial charge in [0.15, 0.2) is 0 Å². The van der Waals surface area contributed by atoms with E-state index < -0.39 is 0 Å². The maximum atomic E-state index is 13.7. The molecule has 0 aromatic heterocycles. The van der Waals surface area contributed by atoms with Gasteiger partial charge in [0.05, 0.1) is 17.4 Å². The number of fused-ring (bicyclic) bond motifs is 2. The molecule has 1 fully saturated rings. The molecule has 4 aromatic rings. The van der Waals surface area contributed by atoms with E-state index in [2.05, 4.69) is 53.8 Å². The molecular weight excluding hydrogens is 344 g/mol. The van der Waals surface area contributed by atoms with Gasteiger partial charge in [-0.05, 0) is 42.3 Å². The average Bonchev–Trinajstić information content (AvgIpc) is 3.29. The second kappa shape index (κ2) is 7.10. The van der Waals surface area contributed by atoms with E-state index in [1.807, 2.05) is 41.3 Å². The van der Waals surface area contributed by atoms with Crippen LogP contribution in [0.4, 0.5) is 11.4 Å². The number of hydrogen-bond acceptors (Lipinski definition) is 2. The largest absolute Gasteiger partial charge is 0.306 e. The maximum Gasteiger partial charge on any atom is 0.248 e. The summed E-state index contributed by atoms with van der Waals surface area (Å²) in [4.78, 5) is 15.6. The van der Waals surface area contributed by atoms with E-state index >= 15 is 0 Å². The summed E-state index contributed by atoms with van der Waals surface area (Å²) < 4.78 is 0. The van der Waals surface area contributed by atoms with Crippen molar-refractivity contribution < 1.29 is 4.79 Å². The van der Waals surface area contributed by atoms with E-state index in [1.165, 1.54) is 0 Å². The summed E-state index contributed by atoms with van der Waals surface area (Å²) in [7, 11) is 0. The second-order valence-electron chi connectivity index (χ2n) is 7.32. The van der Waals surface area contributed by atoms with Crippen molar-refractivity contribution in [2.75, 3.05) is 11.4 Å². The van der Waals surface area contributed by atoms with Gasteiger partial charge in [0.2, 0.25) is 5.91 Å². The van der Waals surface area contributed by atoms with Crippen LogP contribution in [0.25, 0.3) is 21.5 Å². The lowest BCUT2D eigenvalue weighted by Gasteiger charge is -2.28. The molecule has 0 spiro atoms. The molecule has 1 heterocycles. The summed E-state index contributed by atoms with van der Waals surface area (Å²) in [5.41, 5.74) is 1.88. The molecule has 138 valence electrons. The van der Waals surface area contributed by atoms with Crippen LogP contribution in [0.5, 0.6) is 0 Å². The Labute approximate surface area is 164 Å². The van der Waals surface area contributed by atoms with Gasteiger partial charge in [0.25, 0.3) is 0 Å². The lowest BCUT2D eigenvalue weighted by atomic mass is 10.0. The number of nitrogens with one attached hydrogen (secondary N) is 1. The van der Waals surface area contributed by atoms with Crippen molar-refractivity contribution in [1.29, 1.82) is 0 Å². The molecule has 3 nitrogen and oxygen atoms in total. The molecule has 0 bridgehead atoms. The van der Waals surface area contributed by atoms with E-state index in [0.717, 1.165) is 52.3 Å². The van der Waals surface area contributed by atoms with Crippen LogP contribution in [0.3, 0.4) is 0 Å². The number of carbonyl (C=O) groups excluding carboxylic acids is 1. The molecule has 5 rings (SSSR count). The summed E-state index contributed by atoms with van der Waals surface area (Å²) >= 11 is 0. The van der Waals surface area contributed by atoms with Gasteiger partial charge in [0.1, 0.15) is 0 Å². The number of amides is 1. The lowest BCUT2D eigenvalue weighted by molar-refractivity contribution is -0.119. The van der Waals surface area contributed by atoms with Crippen molar-refractivity contribution in [3.8, 4) is 0 Å². The number of benzene rings is 4. The topological polar surface area (TPSA) is 32.3 Å². The van der Waals surface area contributed by atoms with Crippen LogP contribution in [-0.4, -0.2) is 18.5 Å². The molecule has 0 aliphatic carbocycles. The average molecular weight is 366 g/mol. The summed E-state index contributed by atoms with van der Waals surface area (Å²) in [6.45, 7) is 0.898. The van der Waals surface area contributed by atoms with Gasteiger partial charge in [-0.2, -0.15) is 0 Å². The predicted molar refractivity (Wildman–Crippen MR) is 116 cm³/mol. The molecular formula is C25H22N2O. The molecule has 0 radical (unpaired) electrons. The molecule has 1 amide bonds. The quantitative estimate of drug-likeness (QED) is 0.526. The Kier molecular flexibility index (Phi) is 4.30.